The Morgan fingerprint density at radius 2 is 1.74 bits per heavy atom. The molecule has 6 nitrogen and oxygen atoms in total. The van der Waals surface area contributed by atoms with Crippen molar-refractivity contribution in [2.24, 2.45) is 16.8 Å². The second-order valence-electron chi connectivity index (χ2n) is 9.73. The molecule has 2 atom stereocenters. The normalized spacial score (nSPS) is 22.6. The molecule has 0 spiro atoms. The van der Waals surface area contributed by atoms with E-state index in [9.17, 15) is 0 Å². The zero-order valence-corrected chi connectivity index (χ0v) is 21.1. The fraction of sp³-hybridized carbons (Fsp3) is 0.792. The van der Waals surface area contributed by atoms with Gasteiger partial charge in [-0.25, -0.2) is 0 Å². The second kappa shape index (κ2) is 12.2. The monoisotopic (exact) mass is 448 g/mol. The van der Waals surface area contributed by atoms with E-state index in [4.69, 9.17) is 0 Å². The highest BCUT2D eigenvalue weighted by atomic mass is 32.1. The summed E-state index contributed by atoms with van der Waals surface area (Å²) in [6.07, 6.45) is 2.60. The molecule has 176 valence electrons. The van der Waals surface area contributed by atoms with Crippen LogP contribution in [0.25, 0.3) is 0 Å². The highest BCUT2D eigenvalue weighted by Gasteiger charge is 2.27. The highest BCUT2D eigenvalue weighted by Crippen LogP contribution is 2.29. The molecule has 7 heteroatoms. The lowest BCUT2D eigenvalue weighted by molar-refractivity contribution is 0.0899. The van der Waals surface area contributed by atoms with E-state index in [1.165, 1.54) is 30.8 Å². The van der Waals surface area contributed by atoms with Crippen LogP contribution in [0.15, 0.2) is 22.5 Å². The summed E-state index contributed by atoms with van der Waals surface area (Å²) in [5.41, 5.74) is 0. The first-order valence-corrected chi connectivity index (χ1v) is 13.0. The summed E-state index contributed by atoms with van der Waals surface area (Å²) in [4.78, 5) is 13.7. The van der Waals surface area contributed by atoms with Gasteiger partial charge in [0.1, 0.15) is 0 Å². The fourth-order valence-corrected chi connectivity index (χ4v) is 5.65. The molecule has 2 saturated heterocycles. The highest BCUT2D eigenvalue weighted by molar-refractivity contribution is 7.10. The SMILES string of the molecule is CN=C(NCC(c1cccs1)N1CCC(C)CC1)NCC(C(C)C)N1CCN(C)CC1. The minimum atomic E-state index is 0.421. The lowest BCUT2D eigenvalue weighted by atomic mass is 9.97. The number of rotatable bonds is 8. The average molecular weight is 449 g/mol. The van der Waals surface area contributed by atoms with Crippen molar-refractivity contribution in [2.75, 3.05) is 66.5 Å². The lowest BCUT2D eigenvalue weighted by Crippen LogP contribution is -2.55. The van der Waals surface area contributed by atoms with E-state index in [2.05, 4.69) is 75.7 Å². The Kier molecular flexibility index (Phi) is 9.63. The molecular formula is C24H44N6S. The van der Waals surface area contributed by atoms with Crippen molar-refractivity contribution in [3.05, 3.63) is 22.4 Å². The average Bonchev–Trinajstić information content (AvgIpc) is 3.29. The lowest BCUT2D eigenvalue weighted by Gasteiger charge is -2.40. The summed E-state index contributed by atoms with van der Waals surface area (Å²) >= 11 is 1.87. The summed E-state index contributed by atoms with van der Waals surface area (Å²) in [5, 5.41) is 9.49. The van der Waals surface area contributed by atoms with Crippen LogP contribution in [-0.4, -0.2) is 93.2 Å². The van der Waals surface area contributed by atoms with E-state index >= 15 is 0 Å². The van der Waals surface area contributed by atoms with Gasteiger partial charge in [0.15, 0.2) is 5.96 Å². The number of guanidine groups is 1. The molecule has 2 N–H and O–H groups in total. The van der Waals surface area contributed by atoms with Crippen LogP contribution in [-0.2, 0) is 0 Å². The van der Waals surface area contributed by atoms with Gasteiger partial charge in [-0.2, -0.15) is 0 Å². The van der Waals surface area contributed by atoms with Crippen LogP contribution in [0.2, 0.25) is 0 Å². The Morgan fingerprint density at radius 3 is 2.32 bits per heavy atom. The second-order valence-corrected chi connectivity index (χ2v) is 10.7. The van der Waals surface area contributed by atoms with Gasteiger partial charge < -0.3 is 15.5 Å². The van der Waals surface area contributed by atoms with E-state index in [1.807, 2.05) is 18.4 Å². The summed E-state index contributed by atoms with van der Waals surface area (Å²) in [5.74, 6) is 2.39. The molecule has 3 rings (SSSR count). The molecule has 0 amide bonds. The topological polar surface area (TPSA) is 46.1 Å². The first-order chi connectivity index (χ1) is 15.0. The van der Waals surface area contributed by atoms with Crippen LogP contribution in [0.1, 0.15) is 44.5 Å². The third-order valence-electron chi connectivity index (χ3n) is 7.07. The van der Waals surface area contributed by atoms with Crippen LogP contribution < -0.4 is 10.6 Å². The Morgan fingerprint density at radius 1 is 1.06 bits per heavy atom. The number of hydrogen-bond acceptors (Lipinski definition) is 5. The van der Waals surface area contributed by atoms with Crippen LogP contribution in [0.3, 0.4) is 0 Å². The van der Waals surface area contributed by atoms with Crippen molar-refractivity contribution in [1.82, 2.24) is 25.3 Å². The van der Waals surface area contributed by atoms with Gasteiger partial charge in [0.05, 0.1) is 6.04 Å². The van der Waals surface area contributed by atoms with Crippen LogP contribution >= 0.6 is 11.3 Å². The number of likely N-dealkylation sites (N-methyl/N-ethyl adjacent to an activating group) is 1. The van der Waals surface area contributed by atoms with E-state index in [1.54, 1.807) is 0 Å². The van der Waals surface area contributed by atoms with Crippen LogP contribution in [0.4, 0.5) is 0 Å². The van der Waals surface area contributed by atoms with E-state index < -0.39 is 0 Å². The first-order valence-electron chi connectivity index (χ1n) is 12.1. The van der Waals surface area contributed by atoms with Gasteiger partial charge in [-0.15, -0.1) is 11.3 Å². The molecule has 2 aliphatic heterocycles. The quantitative estimate of drug-likeness (QED) is 0.473. The van der Waals surface area contributed by atoms with Crippen molar-refractivity contribution in [1.29, 1.82) is 0 Å². The van der Waals surface area contributed by atoms with Gasteiger partial charge in [-0.1, -0.05) is 26.8 Å². The van der Waals surface area contributed by atoms with Gasteiger partial charge in [0.2, 0.25) is 0 Å². The molecule has 0 bridgehead atoms. The Labute approximate surface area is 194 Å². The zero-order chi connectivity index (χ0) is 22.2. The number of nitrogens with zero attached hydrogens (tertiary/aromatic N) is 4. The molecule has 2 aliphatic rings. The molecule has 3 heterocycles. The Balaban J connectivity index is 1.55. The molecule has 0 saturated carbocycles. The van der Waals surface area contributed by atoms with E-state index in [0.29, 0.717) is 18.0 Å². The third-order valence-corrected chi connectivity index (χ3v) is 8.05. The molecular weight excluding hydrogens is 404 g/mol. The van der Waals surface area contributed by atoms with Gasteiger partial charge in [-0.3, -0.25) is 14.8 Å². The number of piperazine rings is 1. The van der Waals surface area contributed by atoms with Crippen molar-refractivity contribution < 1.29 is 0 Å². The third kappa shape index (κ3) is 7.17. The van der Waals surface area contributed by atoms with Crippen molar-refractivity contribution in [2.45, 2.75) is 45.7 Å². The number of hydrogen-bond donors (Lipinski definition) is 2. The van der Waals surface area contributed by atoms with Crippen molar-refractivity contribution >= 4 is 17.3 Å². The number of nitrogens with one attached hydrogen (secondary N) is 2. The maximum Gasteiger partial charge on any atom is 0.191 e. The van der Waals surface area contributed by atoms with Crippen molar-refractivity contribution in [3.8, 4) is 0 Å². The smallest absolute Gasteiger partial charge is 0.191 e. The minimum absolute atomic E-state index is 0.421. The molecule has 0 radical (unpaired) electrons. The largest absolute Gasteiger partial charge is 0.355 e. The molecule has 2 fully saturated rings. The Bertz CT molecular complexity index is 645. The minimum Gasteiger partial charge on any atom is -0.355 e. The zero-order valence-electron chi connectivity index (χ0n) is 20.3. The molecule has 0 aliphatic carbocycles. The molecule has 1 aromatic rings. The maximum absolute atomic E-state index is 4.54. The summed E-state index contributed by atoms with van der Waals surface area (Å²) in [7, 11) is 4.11. The Hall–Kier alpha value is -1.15. The van der Waals surface area contributed by atoms with E-state index in [0.717, 1.165) is 51.1 Å². The molecule has 31 heavy (non-hydrogen) atoms. The van der Waals surface area contributed by atoms with Gasteiger partial charge in [0.25, 0.3) is 0 Å². The number of aliphatic imine (C=N–C) groups is 1. The number of piperidine rings is 1. The van der Waals surface area contributed by atoms with Gasteiger partial charge >= 0.3 is 0 Å². The van der Waals surface area contributed by atoms with E-state index in [-0.39, 0.29) is 0 Å². The molecule has 2 unspecified atom stereocenters. The van der Waals surface area contributed by atoms with Crippen molar-refractivity contribution in [3.63, 3.8) is 0 Å². The van der Waals surface area contributed by atoms with Crippen LogP contribution in [0.5, 0.6) is 0 Å². The standard InChI is InChI=1S/C24H44N6S/c1-19(2)21(30-14-12-28(5)13-15-30)17-26-24(25-4)27-18-22(23-7-6-16-31-23)29-10-8-20(3)9-11-29/h6-7,16,19-22H,8-15,17-18H2,1-5H3,(H2,25,26,27). The molecule has 1 aromatic heterocycles. The number of thiophene rings is 1. The number of likely N-dealkylation sites (tertiary alicyclic amines) is 1. The predicted octanol–water partition coefficient (Wildman–Crippen LogP) is 2.96. The summed E-state index contributed by atoms with van der Waals surface area (Å²) in [6, 6.07) is 5.41. The fourth-order valence-electron chi connectivity index (χ4n) is 4.79. The van der Waals surface area contributed by atoms with Crippen LogP contribution in [0, 0.1) is 11.8 Å². The predicted molar refractivity (Wildman–Crippen MR) is 134 cm³/mol. The van der Waals surface area contributed by atoms with Gasteiger partial charge in [0, 0.05) is 57.2 Å². The maximum atomic E-state index is 4.54. The van der Waals surface area contributed by atoms with Gasteiger partial charge in [-0.05, 0) is 56.3 Å². The molecule has 0 aromatic carbocycles. The summed E-state index contributed by atoms with van der Waals surface area (Å²) < 4.78 is 0. The first kappa shape index (κ1) is 24.5. The summed E-state index contributed by atoms with van der Waals surface area (Å²) in [6.45, 7) is 15.9.